The average Bonchev–Trinajstić information content (AvgIpc) is 2.89. The fourth-order valence-electron chi connectivity index (χ4n) is 4.19. The van der Waals surface area contributed by atoms with E-state index in [1.807, 2.05) is 73.5 Å². The quantitative estimate of drug-likeness (QED) is 0.324. The predicted octanol–water partition coefficient (Wildman–Crippen LogP) is 5.15. The second kappa shape index (κ2) is 13.3. The number of aryl methyl sites for hydroxylation is 1. The largest absolute Gasteiger partial charge is 0.494 e. The van der Waals surface area contributed by atoms with E-state index in [1.54, 1.807) is 23.1 Å². The van der Waals surface area contributed by atoms with Gasteiger partial charge in [-0.25, -0.2) is 4.79 Å². The molecule has 38 heavy (non-hydrogen) atoms. The summed E-state index contributed by atoms with van der Waals surface area (Å²) in [6, 6.07) is 21.3. The van der Waals surface area contributed by atoms with Gasteiger partial charge in [0.05, 0.1) is 19.2 Å². The molecule has 0 spiro atoms. The standard InChI is InChI=1S/C29H34N4O5/c1-20-10-8-9-13-24(20)30-29(37)31-25-15-14-23(18-27(25)38-4)33(21(2)34)17-16-32(3)26(19-28(35)36)22-11-6-5-7-12-22/h5-15,18,26H,16-17,19H2,1-4H3,(H,35,36)(H2,30,31,37). The number of hydrogen-bond acceptors (Lipinski definition) is 5. The third-order valence-corrected chi connectivity index (χ3v) is 6.28. The Kier molecular flexibility index (Phi) is 9.84. The van der Waals surface area contributed by atoms with Crippen LogP contribution in [-0.4, -0.2) is 55.2 Å². The van der Waals surface area contributed by atoms with E-state index in [-0.39, 0.29) is 18.4 Å². The number of carbonyl (C=O) groups excluding carboxylic acids is 2. The summed E-state index contributed by atoms with van der Waals surface area (Å²) < 4.78 is 5.50. The first-order valence-corrected chi connectivity index (χ1v) is 12.3. The molecule has 3 rings (SSSR count). The van der Waals surface area contributed by atoms with Crippen LogP contribution in [0.2, 0.25) is 0 Å². The van der Waals surface area contributed by atoms with Crippen molar-refractivity contribution in [1.29, 1.82) is 0 Å². The lowest BCUT2D eigenvalue weighted by molar-refractivity contribution is -0.138. The normalized spacial score (nSPS) is 11.5. The zero-order chi connectivity index (χ0) is 27.7. The zero-order valence-corrected chi connectivity index (χ0v) is 22.1. The maximum Gasteiger partial charge on any atom is 0.323 e. The number of para-hydroxylation sites is 1. The Labute approximate surface area is 223 Å². The van der Waals surface area contributed by atoms with E-state index in [0.29, 0.717) is 35.9 Å². The third kappa shape index (κ3) is 7.57. The first kappa shape index (κ1) is 28.2. The fourth-order valence-corrected chi connectivity index (χ4v) is 4.19. The number of benzene rings is 3. The minimum atomic E-state index is -0.895. The second-order valence-corrected chi connectivity index (χ2v) is 8.95. The monoisotopic (exact) mass is 518 g/mol. The molecule has 3 aromatic carbocycles. The van der Waals surface area contributed by atoms with Crippen LogP contribution in [0, 0.1) is 6.92 Å². The number of carboxylic acids is 1. The van der Waals surface area contributed by atoms with Crippen molar-refractivity contribution in [2.24, 2.45) is 0 Å². The molecular weight excluding hydrogens is 484 g/mol. The number of carboxylic acid groups (broad SMARTS) is 1. The lowest BCUT2D eigenvalue weighted by Gasteiger charge is -2.30. The van der Waals surface area contributed by atoms with Crippen molar-refractivity contribution in [3.8, 4) is 5.75 Å². The summed E-state index contributed by atoms with van der Waals surface area (Å²) in [6.07, 6.45) is -0.0562. The van der Waals surface area contributed by atoms with Crippen LogP contribution in [0.1, 0.15) is 30.5 Å². The number of anilines is 3. The molecule has 0 saturated heterocycles. The summed E-state index contributed by atoms with van der Waals surface area (Å²) >= 11 is 0. The Balaban J connectivity index is 1.73. The summed E-state index contributed by atoms with van der Waals surface area (Å²) in [4.78, 5) is 40.2. The van der Waals surface area contributed by atoms with Gasteiger partial charge in [-0.3, -0.25) is 14.5 Å². The molecule has 0 saturated carbocycles. The van der Waals surface area contributed by atoms with Gasteiger partial charge in [-0.05, 0) is 43.3 Å². The number of likely N-dealkylation sites (N-methyl/N-ethyl adjacent to an activating group) is 1. The molecule has 9 heteroatoms. The molecule has 9 nitrogen and oxygen atoms in total. The highest BCUT2D eigenvalue weighted by molar-refractivity contribution is 6.01. The number of amides is 3. The molecule has 200 valence electrons. The van der Waals surface area contributed by atoms with Gasteiger partial charge in [0, 0.05) is 43.5 Å². The summed E-state index contributed by atoms with van der Waals surface area (Å²) in [5, 5.41) is 15.1. The molecule has 1 unspecified atom stereocenters. The molecular formula is C29H34N4O5. The predicted molar refractivity (Wildman–Crippen MR) is 149 cm³/mol. The van der Waals surface area contributed by atoms with Crippen molar-refractivity contribution in [1.82, 2.24) is 4.90 Å². The zero-order valence-electron chi connectivity index (χ0n) is 22.1. The van der Waals surface area contributed by atoms with Gasteiger partial charge in [0.1, 0.15) is 5.75 Å². The van der Waals surface area contributed by atoms with E-state index in [0.717, 1.165) is 11.1 Å². The Morgan fingerprint density at radius 3 is 2.21 bits per heavy atom. The Hall–Kier alpha value is -4.37. The lowest BCUT2D eigenvalue weighted by Crippen LogP contribution is -2.38. The highest BCUT2D eigenvalue weighted by Gasteiger charge is 2.22. The van der Waals surface area contributed by atoms with Crippen LogP contribution in [0.4, 0.5) is 21.9 Å². The van der Waals surface area contributed by atoms with Crippen molar-refractivity contribution in [3.05, 3.63) is 83.9 Å². The minimum Gasteiger partial charge on any atom is -0.494 e. The van der Waals surface area contributed by atoms with Crippen LogP contribution >= 0.6 is 0 Å². The summed E-state index contributed by atoms with van der Waals surface area (Å²) in [6.45, 7) is 4.15. The number of carbonyl (C=O) groups is 3. The molecule has 0 aromatic heterocycles. The summed E-state index contributed by atoms with van der Waals surface area (Å²) in [5.74, 6) is -0.670. The van der Waals surface area contributed by atoms with Gasteiger partial charge in [0.15, 0.2) is 0 Å². The number of nitrogens with zero attached hydrogens (tertiary/aromatic N) is 2. The van der Waals surface area contributed by atoms with Gasteiger partial charge in [-0.15, -0.1) is 0 Å². The molecule has 1 atom stereocenters. The van der Waals surface area contributed by atoms with Crippen LogP contribution < -0.4 is 20.3 Å². The van der Waals surface area contributed by atoms with E-state index in [1.165, 1.54) is 14.0 Å². The molecule has 3 N–H and O–H groups in total. The summed E-state index contributed by atoms with van der Waals surface area (Å²) in [7, 11) is 3.34. The van der Waals surface area contributed by atoms with Crippen molar-refractivity contribution in [2.75, 3.05) is 42.8 Å². The van der Waals surface area contributed by atoms with Crippen LogP contribution in [0.25, 0.3) is 0 Å². The van der Waals surface area contributed by atoms with Gasteiger partial charge >= 0.3 is 12.0 Å². The molecule has 0 aliphatic carbocycles. The fraction of sp³-hybridized carbons (Fsp3) is 0.276. The van der Waals surface area contributed by atoms with Crippen LogP contribution in [0.15, 0.2) is 72.8 Å². The first-order chi connectivity index (χ1) is 18.2. The van der Waals surface area contributed by atoms with Gasteiger partial charge in [-0.1, -0.05) is 48.5 Å². The van der Waals surface area contributed by atoms with Crippen molar-refractivity contribution in [2.45, 2.75) is 26.3 Å². The molecule has 0 aliphatic rings. The molecule has 3 aromatic rings. The molecule has 0 bridgehead atoms. The number of rotatable bonds is 11. The van der Waals surface area contributed by atoms with E-state index < -0.39 is 12.0 Å². The van der Waals surface area contributed by atoms with Crippen LogP contribution in [-0.2, 0) is 9.59 Å². The van der Waals surface area contributed by atoms with E-state index in [9.17, 15) is 19.5 Å². The van der Waals surface area contributed by atoms with Gasteiger partial charge < -0.3 is 25.4 Å². The number of urea groups is 1. The Morgan fingerprint density at radius 2 is 1.58 bits per heavy atom. The Bertz CT molecular complexity index is 1260. The van der Waals surface area contributed by atoms with Gasteiger partial charge in [-0.2, -0.15) is 0 Å². The van der Waals surface area contributed by atoms with Crippen LogP contribution in [0.5, 0.6) is 5.75 Å². The lowest BCUT2D eigenvalue weighted by atomic mass is 10.0. The molecule has 0 fully saturated rings. The molecule has 0 radical (unpaired) electrons. The van der Waals surface area contributed by atoms with E-state index >= 15 is 0 Å². The van der Waals surface area contributed by atoms with E-state index in [2.05, 4.69) is 10.6 Å². The third-order valence-electron chi connectivity index (χ3n) is 6.28. The Morgan fingerprint density at radius 1 is 0.921 bits per heavy atom. The van der Waals surface area contributed by atoms with Crippen molar-refractivity contribution in [3.63, 3.8) is 0 Å². The highest BCUT2D eigenvalue weighted by Crippen LogP contribution is 2.31. The average molecular weight is 519 g/mol. The number of ether oxygens (including phenoxy) is 1. The smallest absolute Gasteiger partial charge is 0.323 e. The minimum absolute atomic E-state index is 0.0562. The van der Waals surface area contributed by atoms with Crippen LogP contribution in [0.3, 0.4) is 0 Å². The number of hydrogen-bond donors (Lipinski definition) is 3. The summed E-state index contributed by atoms with van der Waals surface area (Å²) in [5.41, 5.74) is 3.58. The van der Waals surface area contributed by atoms with Gasteiger partial charge in [0.25, 0.3) is 0 Å². The molecule has 0 heterocycles. The number of nitrogens with one attached hydrogen (secondary N) is 2. The van der Waals surface area contributed by atoms with E-state index in [4.69, 9.17) is 4.74 Å². The maximum atomic E-state index is 12.6. The first-order valence-electron chi connectivity index (χ1n) is 12.3. The molecule has 0 aliphatic heterocycles. The van der Waals surface area contributed by atoms with Crippen molar-refractivity contribution < 1.29 is 24.2 Å². The highest BCUT2D eigenvalue weighted by atomic mass is 16.5. The van der Waals surface area contributed by atoms with Gasteiger partial charge in [0.2, 0.25) is 5.91 Å². The van der Waals surface area contributed by atoms with Crippen molar-refractivity contribution >= 4 is 35.0 Å². The molecule has 3 amide bonds. The maximum absolute atomic E-state index is 12.6. The number of aliphatic carboxylic acids is 1. The SMILES string of the molecule is COc1cc(N(CCN(C)C(CC(=O)O)c2ccccc2)C(C)=O)ccc1NC(=O)Nc1ccccc1C. The number of methoxy groups -OCH3 is 1. The second-order valence-electron chi connectivity index (χ2n) is 8.95. The topological polar surface area (TPSA) is 111 Å².